The molecule has 0 atom stereocenters. The minimum atomic E-state index is -0.139. The Balaban J connectivity index is 1.33. The molecular formula is C27H29N3O2. The number of piperidine rings is 1. The summed E-state index contributed by atoms with van der Waals surface area (Å²) in [7, 11) is 0. The Morgan fingerprint density at radius 2 is 1.78 bits per heavy atom. The number of pyridine rings is 1. The van der Waals surface area contributed by atoms with Gasteiger partial charge in [0.25, 0.3) is 0 Å². The van der Waals surface area contributed by atoms with Gasteiger partial charge in [-0.25, -0.2) is 4.98 Å². The summed E-state index contributed by atoms with van der Waals surface area (Å²) in [5.74, 6) is 7.21. The Hall–Kier alpha value is -3.33. The second-order valence-electron chi connectivity index (χ2n) is 8.21. The molecule has 1 aromatic heterocycles. The average molecular weight is 428 g/mol. The number of aliphatic hydroxyl groups is 1. The SMILES string of the molecule is Cc1cc(C#Cc2ccc(-c3ccc(N)cc3)cn2)ccc1OCCN1CCC(O)CC1. The zero-order chi connectivity index (χ0) is 22.3. The lowest BCUT2D eigenvalue weighted by Crippen LogP contribution is -2.38. The molecule has 3 N–H and O–H groups in total. The van der Waals surface area contributed by atoms with Gasteiger partial charge in [0.05, 0.1) is 6.10 Å². The first-order valence-corrected chi connectivity index (χ1v) is 11.0. The number of aromatic nitrogens is 1. The number of nitrogens with two attached hydrogens (primary N) is 1. The number of aliphatic hydroxyl groups excluding tert-OH is 1. The van der Waals surface area contributed by atoms with Crippen molar-refractivity contribution in [3.05, 3.63) is 77.6 Å². The molecule has 0 bridgehead atoms. The number of hydrogen-bond acceptors (Lipinski definition) is 5. The average Bonchev–Trinajstić information content (AvgIpc) is 2.81. The molecule has 3 aromatic rings. The number of nitrogen functional groups attached to an aromatic ring is 1. The molecule has 5 heteroatoms. The zero-order valence-corrected chi connectivity index (χ0v) is 18.4. The van der Waals surface area contributed by atoms with Gasteiger partial charge in [0.2, 0.25) is 0 Å². The molecule has 1 aliphatic rings. The van der Waals surface area contributed by atoms with E-state index in [1.165, 1.54) is 0 Å². The number of rotatable bonds is 5. The van der Waals surface area contributed by atoms with E-state index in [4.69, 9.17) is 10.5 Å². The van der Waals surface area contributed by atoms with Crippen LogP contribution in [0.5, 0.6) is 5.75 Å². The number of ether oxygens (including phenoxy) is 1. The van der Waals surface area contributed by atoms with Gasteiger partial charge in [0, 0.05) is 42.6 Å². The van der Waals surface area contributed by atoms with Crippen molar-refractivity contribution in [2.24, 2.45) is 0 Å². The van der Waals surface area contributed by atoms with Crippen LogP contribution < -0.4 is 10.5 Å². The van der Waals surface area contributed by atoms with E-state index in [2.05, 4.69) is 21.7 Å². The maximum absolute atomic E-state index is 9.60. The van der Waals surface area contributed by atoms with Gasteiger partial charge in [-0.05, 0) is 73.2 Å². The third kappa shape index (κ3) is 5.88. The Morgan fingerprint density at radius 1 is 1.03 bits per heavy atom. The van der Waals surface area contributed by atoms with E-state index in [0.717, 1.165) is 71.9 Å². The molecule has 0 spiro atoms. The van der Waals surface area contributed by atoms with Crippen LogP contribution >= 0.6 is 0 Å². The fraction of sp³-hybridized carbons (Fsp3) is 0.296. The van der Waals surface area contributed by atoms with Gasteiger partial charge in [-0.3, -0.25) is 4.90 Å². The molecule has 1 fully saturated rings. The van der Waals surface area contributed by atoms with E-state index in [0.29, 0.717) is 6.61 Å². The topological polar surface area (TPSA) is 71.6 Å². The molecule has 1 saturated heterocycles. The van der Waals surface area contributed by atoms with Crippen molar-refractivity contribution in [2.75, 3.05) is 32.0 Å². The highest BCUT2D eigenvalue weighted by Crippen LogP contribution is 2.21. The quantitative estimate of drug-likeness (QED) is 0.478. The summed E-state index contributed by atoms with van der Waals surface area (Å²) < 4.78 is 5.97. The highest BCUT2D eigenvalue weighted by Gasteiger charge is 2.16. The fourth-order valence-corrected chi connectivity index (χ4v) is 3.77. The summed E-state index contributed by atoms with van der Waals surface area (Å²) in [6.45, 7) is 5.44. The zero-order valence-electron chi connectivity index (χ0n) is 18.4. The van der Waals surface area contributed by atoms with Gasteiger partial charge in [-0.2, -0.15) is 0 Å². The molecule has 164 valence electrons. The number of hydrogen-bond donors (Lipinski definition) is 2. The lowest BCUT2D eigenvalue weighted by molar-refractivity contribution is 0.0754. The summed E-state index contributed by atoms with van der Waals surface area (Å²) in [4.78, 5) is 6.81. The highest BCUT2D eigenvalue weighted by molar-refractivity contribution is 5.65. The predicted octanol–water partition coefficient (Wildman–Crippen LogP) is 3.87. The second-order valence-corrected chi connectivity index (χ2v) is 8.21. The molecule has 2 aromatic carbocycles. The maximum atomic E-state index is 9.60. The summed E-state index contributed by atoms with van der Waals surface area (Å²) in [5.41, 5.74) is 11.3. The third-order valence-corrected chi connectivity index (χ3v) is 5.74. The normalized spacial score (nSPS) is 14.6. The van der Waals surface area contributed by atoms with E-state index in [-0.39, 0.29) is 6.10 Å². The first kappa shape index (κ1) is 21.9. The van der Waals surface area contributed by atoms with Gasteiger partial charge < -0.3 is 15.6 Å². The molecular weight excluding hydrogens is 398 g/mol. The molecule has 0 unspecified atom stereocenters. The Bertz CT molecular complexity index is 1090. The van der Waals surface area contributed by atoms with Crippen LogP contribution in [0.2, 0.25) is 0 Å². The summed E-state index contributed by atoms with van der Waals surface area (Å²) in [6, 6.07) is 17.7. The number of aryl methyl sites for hydroxylation is 1. The monoisotopic (exact) mass is 427 g/mol. The van der Waals surface area contributed by atoms with Crippen LogP contribution in [0.3, 0.4) is 0 Å². The van der Waals surface area contributed by atoms with Crippen LogP contribution in [0.15, 0.2) is 60.8 Å². The molecule has 32 heavy (non-hydrogen) atoms. The maximum Gasteiger partial charge on any atom is 0.122 e. The second kappa shape index (κ2) is 10.3. The lowest BCUT2D eigenvalue weighted by atomic mass is 10.1. The van der Waals surface area contributed by atoms with Crippen molar-refractivity contribution in [1.29, 1.82) is 0 Å². The van der Waals surface area contributed by atoms with E-state index in [9.17, 15) is 5.11 Å². The van der Waals surface area contributed by atoms with Crippen LogP contribution in [0.4, 0.5) is 5.69 Å². The van der Waals surface area contributed by atoms with Crippen molar-refractivity contribution in [2.45, 2.75) is 25.9 Å². The number of likely N-dealkylation sites (tertiary alicyclic amines) is 1. The summed E-state index contributed by atoms with van der Waals surface area (Å²) in [6.07, 6.45) is 3.40. The first-order valence-electron chi connectivity index (χ1n) is 11.0. The largest absolute Gasteiger partial charge is 0.492 e. The van der Waals surface area contributed by atoms with Crippen LogP contribution in [0.25, 0.3) is 11.1 Å². The number of anilines is 1. The van der Waals surface area contributed by atoms with Crippen LogP contribution in [0.1, 0.15) is 29.7 Å². The van der Waals surface area contributed by atoms with Gasteiger partial charge in [-0.1, -0.05) is 24.1 Å². The molecule has 0 radical (unpaired) electrons. The van der Waals surface area contributed by atoms with Crippen molar-refractivity contribution in [3.8, 4) is 28.7 Å². The van der Waals surface area contributed by atoms with Crippen molar-refractivity contribution in [1.82, 2.24) is 9.88 Å². The van der Waals surface area contributed by atoms with Gasteiger partial charge >= 0.3 is 0 Å². The molecule has 0 aliphatic carbocycles. The molecule has 1 aliphatic heterocycles. The molecule has 5 nitrogen and oxygen atoms in total. The minimum Gasteiger partial charge on any atom is -0.492 e. The number of nitrogens with zero attached hydrogens (tertiary/aromatic N) is 2. The van der Waals surface area contributed by atoms with Crippen molar-refractivity contribution < 1.29 is 9.84 Å². The number of benzene rings is 2. The smallest absolute Gasteiger partial charge is 0.122 e. The summed E-state index contributed by atoms with van der Waals surface area (Å²) >= 11 is 0. The molecule has 0 amide bonds. The minimum absolute atomic E-state index is 0.139. The van der Waals surface area contributed by atoms with Crippen molar-refractivity contribution >= 4 is 5.69 Å². The van der Waals surface area contributed by atoms with E-state index < -0.39 is 0 Å². The predicted molar refractivity (Wildman–Crippen MR) is 128 cm³/mol. The van der Waals surface area contributed by atoms with Crippen LogP contribution in [0, 0.1) is 18.8 Å². The van der Waals surface area contributed by atoms with Crippen LogP contribution in [-0.4, -0.2) is 47.3 Å². The van der Waals surface area contributed by atoms with Gasteiger partial charge in [0.15, 0.2) is 0 Å². The van der Waals surface area contributed by atoms with Crippen molar-refractivity contribution in [3.63, 3.8) is 0 Å². The molecule has 4 rings (SSSR count). The molecule has 0 saturated carbocycles. The van der Waals surface area contributed by atoms with E-state index in [1.54, 1.807) is 0 Å². The standard InChI is InChI=1S/C27H29N3O2/c1-20-18-21(3-11-27(20)32-17-16-30-14-12-26(31)13-15-30)2-9-25-10-6-23(19-29-25)22-4-7-24(28)8-5-22/h3-8,10-11,18-19,26,31H,12-17,28H2,1H3. The van der Waals surface area contributed by atoms with E-state index in [1.807, 2.05) is 67.7 Å². The Morgan fingerprint density at radius 3 is 2.47 bits per heavy atom. The Kier molecular flexibility index (Phi) is 7.06. The third-order valence-electron chi connectivity index (χ3n) is 5.74. The van der Waals surface area contributed by atoms with Crippen LogP contribution in [-0.2, 0) is 0 Å². The van der Waals surface area contributed by atoms with E-state index >= 15 is 0 Å². The highest BCUT2D eigenvalue weighted by atomic mass is 16.5. The fourth-order valence-electron chi connectivity index (χ4n) is 3.77. The first-order chi connectivity index (χ1) is 15.6. The lowest BCUT2D eigenvalue weighted by Gasteiger charge is -2.29. The Labute approximate surface area is 189 Å². The van der Waals surface area contributed by atoms with Gasteiger partial charge in [-0.15, -0.1) is 0 Å². The summed E-state index contributed by atoms with van der Waals surface area (Å²) in [5, 5.41) is 9.60. The van der Waals surface area contributed by atoms with Gasteiger partial charge in [0.1, 0.15) is 18.1 Å². The molecule has 2 heterocycles.